The van der Waals surface area contributed by atoms with Gasteiger partial charge in [0.15, 0.2) is 0 Å². The van der Waals surface area contributed by atoms with Crippen molar-refractivity contribution in [1.82, 2.24) is 0 Å². The van der Waals surface area contributed by atoms with E-state index >= 15 is 0 Å². The first kappa shape index (κ1) is 49.4. The largest absolute Gasteiger partial charge is 0.324 e. The number of rotatable bonds is 10. The molecular weight excluding hydrogens is 853 g/mol. The molecule has 368 valence electrons. The molecule has 5 aromatic rings. The van der Waals surface area contributed by atoms with Gasteiger partial charge < -0.3 is 6.42 Å². The molecule has 1 fully saturated rings. The predicted octanol–water partition coefficient (Wildman–Crippen LogP) is 20.2. The average molecular weight is 936 g/mol. The summed E-state index contributed by atoms with van der Waals surface area (Å²) in [5.41, 5.74) is 15.7. The highest BCUT2D eigenvalue weighted by Crippen LogP contribution is 2.59. The summed E-state index contributed by atoms with van der Waals surface area (Å²) < 4.78 is 0. The van der Waals surface area contributed by atoms with E-state index in [4.69, 9.17) is 0 Å². The van der Waals surface area contributed by atoms with Gasteiger partial charge in [0.25, 0.3) is 0 Å². The molecule has 8 atom stereocenters. The third-order valence-electron chi connectivity index (χ3n) is 18.6. The minimum Gasteiger partial charge on any atom is -0.324 e. The Bertz CT molecular complexity index is 2980. The minimum atomic E-state index is 0.215. The standard InChI is InChI=1S/C71H83/c1-47(69(3,4)5)41-42-71(9,10)66-45-56(70(6,7)8)39-37-52(66)26-13-11-12-23-49-38-40-62-67(55-31-20-30-53(43-55)48(49)2)65(60-35-21-28-50-24-14-17-32-57(50)60)46-63-59-34-19-16-27-54(59)44-64(63)68(62)61-36-22-29-51-25-15-18-33-58(51)61/h12,14-18,20-25,28-41,43,48-49,52,54,56,63,65-66H,11,13,19,26-27,42,44-46H2,1-10H3/q-1/b23-12-,40-38+,47-41+. The van der Waals surface area contributed by atoms with Gasteiger partial charge in [-0.15, -0.1) is 6.08 Å². The molecule has 0 N–H and O–H groups in total. The average Bonchev–Trinajstić information content (AvgIpc) is 3.66. The minimum absolute atomic E-state index is 0.215. The quantitative estimate of drug-likeness (QED) is 0.0744. The summed E-state index contributed by atoms with van der Waals surface area (Å²) in [5.74, 6) is 3.70. The van der Waals surface area contributed by atoms with Crippen LogP contribution in [0.1, 0.15) is 161 Å². The fraction of sp³-hybridized carbons (Fsp3) is 0.423. The smallest absolute Gasteiger partial charge is 0.0116 e. The summed E-state index contributed by atoms with van der Waals surface area (Å²) in [6.07, 6.45) is 33.9. The first-order valence-electron chi connectivity index (χ1n) is 27.8. The highest BCUT2D eigenvalue weighted by Gasteiger charge is 2.43. The molecule has 10 rings (SSSR count). The van der Waals surface area contributed by atoms with Gasteiger partial charge in [-0.25, -0.2) is 0 Å². The van der Waals surface area contributed by atoms with E-state index in [1.807, 2.05) is 0 Å². The Balaban J connectivity index is 1.04. The van der Waals surface area contributed by atoms with Crippen molar-refractivity contribution in [3.8, 4) is 0 Å². The van der Waals surface area contributed by atoms with Gasteiger partial charge in [-0.3, -0.25) is 0 Å². The number of fused-ring (bicyclic) bond motifs is 8. The zero-order valence-corrected chi connectivity index (χ0v) is 45.1. The molecule has 2 bridgehead atoms. The van der Waals surface area contributed by atoms with Gasteiger partial charge in [0.05, 0.1) is 0 Å². The van der Waals surface area contributed by atoms with E-state index in [0.29, 0.717) is 35.5 Å². The molecule has 0 amide bonds. The summed E-state index contributed by atoms with van der Waals surface area (Å²) in [4.78, 5) is 0. The van der Waals surface area contributed by atoms with Crippen LogP contribution in [-0.2, 0) is 0 Å². The van der Waals surface area contributed by atoms with E-state index in [1.54, 1.807) is 11.1 Å². The summed E-state index contributed by atoms with van der Waals surface area (Å²) in [7, 11) is 0. The molecule has 0 nitrogen and oxygen atoms in total. The highest BCUT2D eigenvalue weighted by molar-refractivity contribution is 6.05. The lowest BCUT2D eigenvalue weighted by Crippen LogP contribution is -2.36. The van der Waals surface area contributed by atoms with Crippen molar-refractivity contribution >= 4 is 32.7 Å². The second-order valence-corrected chi connectivity index (χ2v) is 25.4. The van der Waals surface area contributed by atoms with Gasteiger partial charge in [-0.1, -0.05) is 231 Å². The van der Waals surface area contributed by atoms with Crippen molar-refractivity contribution < 1.29 is 0 Å². The second kappa shape index (κ2) is 20.0. The molecule has 0 spiro atoms. The van der Waals surface area contributed by atoms with E-state index in [2.05, 4.69) is 233 Å². The van der Waals surface area contributed by atoms with Gasteiger partial charge in [-0.2, -0.15) is 12.8 Å². The molecule has 71 heavy (non-hydrogen) atoms. The molecule has 0 saturated heterocycles. The van der Waals surface area contributed by atoms with E-state index < -0.39 is 0 Å². The van der Waals surface area contributed by atoms with Crippen molar-refractivity contribution in [2.45, 2.75) is 139 Å². The third kappa shape index (κ3) is 10.0. The maximum atomic E-state index is 2.65. The fourth-order valence-electron chi connectivity index (χ4n) is 13.8. The van der Waals surface area contributed by atoms with Crippen LogP contribution >= 0.6 is 0 Å². The molecule has 0 radical (unpaired) electrons. The topological polar surface area (TPSA) is 0 Å². The Kier molecular flexibility index (Phi) is 13.9. The summed E-state index contributed by atoms with van der Waals surface area (Å²) in [6.45, 7) is 24.3. The van der Waals surface area contributed by atoms with Gasteiger partial charge in [0.2, 0.25) is 0 Å². The molecule has 5 aromatic carbocycles. The third-order valence-corrected chi connectivity index (χ3v) is 18.6. The zero-order chi connectivity index (χ0) is 49.7. The maximum absolute atomic E-state index is 2.65. The van der Waals surface area contributed by atoms with E-state index in [9.17, 15) is 0 Å². The van der Waals surface area contributed by atoms with Crippen molar-refractivity contribution in [3.63, 3.8) is 0 Å². The van der Waals surface area contributed by atoms with Crippen LogP contribution in [0.2, 0.25) is 0 Å². The SMILES string of the molecule is C/C(=C\CC(C)(C)C1CC(C(C)(C)C)C=CC1CCC/C=C\C1/C=C/C2=C(c3cccc(c3)C1C)C(c1cccc3ccccc13)CC1C3=CC[CH-]CC3CC1=C2c1cccc2ccccc12)C(C)(C)C. The maximum Gasteiger partial charge on any atom is 0.0116 e. The lowest BCUT2D eigenvalue weighted by molar-refractivity contribution is 0.0938. The molecule has 8 unspecified atom stereocenters. The van der Waals surface area contributed by atoms with Crippen molar-refractivity contribution in [2.75, 3.05) is 0 Å². The number of benzene rings is 5. The number of hydrogen-bond acceptors (Lipinski definition) is 0. The van der Waals surface area contributed by atoms with Crippen molar-refractivity contribution in [2.24, 2.45) is 51.8 Å². The summed E-state index contributed by atoms with van der Waals surface area (Å²) in [5, 5.41) is 5.39. The summed E-state index contributed by atoms with van der Waals surface area (Å²) in [6, 6.07) is 42.3. The van der Waals surface area contributed by atoms with Gasteiger partial charge in [-0.05, 0) is 158 Å². The Morgan fingerprint density at radius 1 is 0.746 bits per heavy atom. The van der Waals surface area contributed by atoms with Crippen LogP contribution in [0.25, 0.3) is 32.7 Å². The first-order valence-corrected chi connectivity index (χ1v) is 27.8. The van der Waals surface area contributed by atoms with Crippen LogP contribution in [0.15, 0.2) is 180 Å². The molecule has 0 heteroatoms. The van der Waals surface area contributed by atoms with Gasteiger partial charge >= 0.3 is 0 Å². The molecule has 0 aromatic heterocycles. The van der Waals surface area contributed by atoms with Crippen molar-refractivity contribution in [1.29, 1.82) is 0 Å². The van der Waals surface area contributed by atoms with E-state index in [1.165, 1.54) is 91.8 Å². The van der Waals surface area contributed by atoms with Crippen molar-refractivity contribution in [3.05, 3.63) is 209 Å². The predicted molar refractivity (Wildman–Crippen MR) is 308 cm³/mol. The second-order valence-electron chi connectivity index (χ2n) is 25.4. The van der Waals surface area contributed by atoms with Crippen LogP contribution in [0, 0.1) is 58.2 Å². The molecule has 5 aliphatic carbocycles. The van der Waals surface area contributed by atoms with Gasteiger partial charge in [0, 0.05) is 17.8 Å². The Morgan fingerprint density at radius 2 is 1.46 bits per heavy atom. The van der Waals surface area contributed by atoms with E-state index in [-0.39, 0.29) is 28.1 Å². The van der Waals surface area contributed by atoms with Crippen LogP contribution < -0.4 is 0 Å². The van der Waals surface area contributed by atoms with Crippen LogP contribution in [0.4, 0.5) is 0 Å². The van der Waals surface area contributed by atoms with Crippen LogP contribution in [0.5, 0.6) is 0 Å². The molecule has 0 aliphatic heterocycles. The lowest BCUT2D eigenvalue weighted by atomic mass is 9.60. The Labute approximate surface area is 429 Å². The number of allylic oxidation sites excluding steroid dienone is 14. The zero-order valence-electron chi connectivity index (χ0n) is 45.1. The monoisotopic (exact) mass is 936 g/mol. The molecular formula is C71H83-. The summed E-state index contributed by atoms with van der Waals surface area (Å²) >= 11 is 0. The Morgan fingerprint density at radius 3 is 2.24 bits per heavy atom. The lowest BCUT2D eigenvalue weighted by Gasteiger charge is -2.45. The van der Waals surface area contributed by atoms with Crippen LogP contribution in [-0.4, -0.2) is 0 Å². The first-order chi connectivity index (χ1) is 34.1. The highest BCUT2D eigenvalue weighted by atomic mass is 14.5. The normalized spacial score (nSPS) is 26.7. The molecule has 1 saturated carbocycles. The number of hydrogen-bond donors (Lipinski definition) is 0. The fourth-order valence-corrected chi connectivity index (χ4v) is 13.8. The number of unbranched alkanes of at least 4 members (excludes halogenated alkanes) is 1. The molecule has 0 heterocycles. The molecule has 5 aliphatic rings. The van der Waals surface area contributed by atoms with Crippen LogP contribution in [0.3, 0.4) is 0 Å². The van der Waals surface area contributed by atoms with Gasteiger partial charge in [0.1, 0.15) is 0 Å². The Hall–Kier alpha value is -5.20. The van der Waals surface area contributed by atoms with E-state index in [0.717, 1.165) is 32.1 Å².